The Morgan fingerprint density at radius 1 is 1.39 bits per heavy atom. The van der Waals surface area contributed by atoms with Gasteiger partial charge in [0, 0.05) is 6.42 Å². The summed E-state index contributed by atoms with van der Waals surface area (Å²) in [6.07, 6.45) is -0.115. The van der Waals surface area contributed by atoms with E-state index >= 15 is 0 Å². The van der Waals surface area contributed by atoms with Gasteiger partial charge in [0.1, 0.15) is 11.0 Å². The van der Waals surface area contributed by atoms with Crippen LogP contribution in [0.3, 0.4) is 0 Å². The van der Waals surface area contributed by atoms with Gasteiger partial charge in [-0.3, -0.25) is 19.7 Å². The van der Waals surface area contributed by atoms with Crippen molar-refractivity contribution in [3.05, 3.63) is 24.3 Å². The van der Waals surface area contributed by atoms with Crippen LogP contribution in [0.25, 0.3) is 0 Å². The fourth-order valence-electron chi connectivity index (χ4n) is 1.48. The molecule has 0 spiro atoms. The molecule has 1 saturated heterocycles. The molecule has 7 heteroatoms. The number of hydrogen-bond acceptors (Lipinski definition) is 5. The van der Waals surface area contributed by atoms with E-state index in [4.69, 9.17) is 0 Å². The number of rotatable bonds is 3. The third-order valence-corrected chi connectivity index (χ3v) is 3.30. The topological polar surface area (TPSA) is 95.5 Å². The fourth-order valence-corrected chi connectivity index (χ4v) is 2.30. The van der Waals surface area contributed by atoms with E-state index < -0.39 is 22.3 Å². The minimum atomic E-state index is -0.705. The number of thioether (sulfide) groups is 1. The minimum absolute atomic E-state index is 0.0505. The number of nitrogens with one attached hydrogen (secondary N) is 2. The normalized spacial score (nSPS) is 18.6. The predicted molar refractivity (Wildman–Crippen MR) is 66.3 cm³/mol. The number of phenols is 1. The third kappa shape index (κ3) is 2.80. The minimum Gasteiger partial charge on any atom is -0.506 e. The Morgan fingerprint density at radius 3 is 2.72 bits per heavy atom. The van der Waals surface area contributed by atoms with Gasteiger partial charge in [0.2, 0.25) is 11.8 Å². The summed E-state index contributed by atoms with van der Waals surface area (Å²) in [5, 5.41) is 12.9. The van der Waals surface area contributed by atoms with Gasteiger partial charge < -0.3 is 10.4 Å². The van der Waals surface area contributed by atoms with Crippen molar-refractivity contribution in [2.24, 2.45) is 0 Å². The Bertz CT molecular complexity index is 518. The lowest BCUT2D eigenvalue weighted by atomic mass is 10.2. The van der Waals surface area contributed by atoms with E-state index in [1.807, 2.05) is 0 Å². The molecule has 0 aromatic heterocycles. The zero-order valence-corrected chi connectivity index (χ0v) is 9.99. The van der Waals surface area contributed by atoms with Crippen LogP contribution in [0.1, 0.15) is 6.42 Å². The number of phenolic OH excluding ortho intramolecular Hbond substituents is 1. The summed E-state index contributed by atoms with van der Waals surface area (Å²) < 4.78 is 0. The molecule has 1 aliphatic rings. The van der Waals surface area contributed by atoms with Crippen molar-refractivity contribution in [3.8, 4) is 5.75 Å². The van der Waals surface area contributed by atoms with Crippen molar-refractivity contribution in [2.45, 2.75) is 11.7 Å². The summed E-state index contributed by atoms with van der Waals surface area (Å²) in [7, 11) is 0. The number of amides is 3. The van der Waals surface area contributed by atoms with Crippen molar-refractivity contribution in [1.82, 2.24) is 5.32 Å². The SMILES string of the molecule is O=C(C[C@@H]1SC(=O)NC1=O)Nc1ccccc1O. The van der Waals surface area contributed by atoms with Crippen LogP contribution >= 0.6 is 11.8 Å². The standard InChI is InChI=1S/C11H10N2O4S/c14-7-4-2-1-3-6(7)12-9(15)5-8-10(16)13-11(17)18-8/h1-4,8,14H,5H2,(H,12,15)(H,13,16,17)/t8-/m0/s1. The molecule has 0 unspecified atom stereocenters. The molecule has 1 fully saturated rings. The highest BCUT2D eigenvalue weighted by Gasteiger charge is 2.33. The summed E-state index contributed by atoms with van der Waals surface area (Å²) in [6, 6.07) is 6.27. The summed E-state index contributed by atoms with van der Waals surface area (Å²) >= 11 is 0.794. The van der Waals surface area contributed by atoms with Gasteiger partial charge in [0.05, 0.1) is 5.69 Å². The number of aromatic hydroxyl groups is 1. The van der Waals surface area contributed by atoms with Crippen LogP contribution in [0, 0.1) is 0 Å². The fraction of sp³-hybridized carbons (Fsp3) is 0.182. The molecule has 0 aliphatic carbocycles. The second-order valence-corrected chi connectivity index (χ2v) is 4.83. The van der Waals surface area contributed by atoms with Gasteiger partial charge in [-0.1, -0.05) is 23.9 Å². The average Bonchev–Trinajstić information content (AvgIpc) is 2.61. The number of imide groups is 1. The molecular weight excluding hydrogens is 256 g/mol. The molecule has 1 heterocycles. The van der Waals surface area contributed by atoms with Gasteiger partial charge in [-0.2, -0.15) is 0 Å². The molecule has 3 amide bonds. The number of benzene rings is 1. The van der Waals surface area contributed by atoms with Crippen molar-refractivity contribution < 1.29 is 19.5 Å². The Labute approximate surface area is 107 Å². The molecule has 1 aromatic rings. The molecule has 2 rings (SSSR count). The van der Waals surface area contributed by atoms with Crippen molar-refractivity contribution in [1.29, 1.82) is 0 Å². The molecular formula is C11H10N2O4S. The molecule has 1 aliphatic heterocycles. The number of carbonyl (C=O) groups excluding carboxylic acids is 3. The maximum Gasteiger partial charge on any atom is 0.286 e. The van der Waals surface area contributed by atoms with Crippen LogP contribution < -0.4 is 10.6 Å². The first-order valence-corrected chi connectivity index (χ1v) is 6.03. The van der Waals surface area contributed by atoms with Gasteiger partial charge >= 0.3 is 0 Å². The molecule has 0 radical (unpaired) electrons. The van der Waals surface area contributed by atoms with Crippen molar-refractivity contribution in [2.75, 3.05) is 5.32 Å². The number of carbonyl (C=O) groups is 3. The van der Waals surface area contributed by atoms with Crippen LogP contribution in [-0.2, 0) is 9.59 Å². The first kappa shape index (κ1) is 12.4. The molecule has 1 atom stereocenters. The lowest BCUT2D eigenvalue weighted by molar-refractivity contribution is -0.122. The molecule has 0 bridgehead atoms. The zero-order valence-electron chi connectivity index (χ0n) is 9.17. The highest BCUT2D eigenvalue weighted by atomic mass is 32.2. The van der Waals surface area contributed by atoms with E-state index in [-0.39, 0.29) is 17.9 Å². The van der Waals surface area contributed by atoms with Crippen LogP contribution in [-0.4, -0.2) is 27.4 Å². The van der Waals surface area contributed by atoms with Gasteiger partial charge in [0.25, 0.3) is 5.24 Å². The molecule has 18 heavy (non-hydrogen) atoms. The maximum absolute atomic E-state index is 11.6. The number of para-hydroxylation sites is 2. The highest BCUT2D eigenvalue weighted by molar-refractivity contribution is 8.15. The molecule has 6 nitrogen and oxygen atoms in total. The highest BCUT2D eigenvalue weighted by Crippen LogP contribution is 2.25. The maximum atomic E-state index is 11.6. The molecule has 94 valence electrons. The van der Waals surface area contributed by atoms with Gasteiger partial charge in [0.15, 0.2) is 0 Å². The molecule has 1 aromatic carbocycles. The zero-order chi connectivity index (χ0) is 13.1. The summed E-state index contributed by atoms with van der Waals surface area (Å²) in [5.74, 6) is -0.943. The molecule has 3 N–H and O–H groups in total. The average molecular weight is 266 g/mol. The quantitative estimate of drug-likeness (QED) is 0.711. The first-order valence-electron chi connectivity index (χ1n) is 5.15. The van der Waals surface area contributed by atoms with E-state index in [1.165, 1.54) is 6.07 Å². The smallest absolute Gasteiger partial charge is 0.286 e. The van der Waals surface area contributed by atoms with Crippen molar-refractivity contribution in [3.63, 3.8) is 0 Å². The first-order chi connectivity index (χ1) is 8.56. The lowest BCUT2D eigenvalue weighted by Gasteiger charge is -2.08. The summed E-state index contributed by atoms with van der Waals surface area (Å²) in [4.78, 5) is 33.8. The number of hydrogen-bond donors (Lipinski definition) is 3. The van der Waals surface area contributed by atoms with Gasteiger partial charge in [-0.25, -0.2) is 0 Å². The molecule has 0 saturated carbocycles. The largest absolute Gasteiger partial charge is 0.506 e. The Hall–Kier alpha value is -2.02. The Kier molecular flexibility index (Phi) is 3.52. The van der Waals surface area contributed by atoms with E-state index in [9.17, 15) is 19.5 Å². The lowest BCUT2D eigenvalue weighted by Crippen LogP contribution is -2.27. The second kappa shape index (κ2) is 5.09. The van der Waals surface area contributed by atoms with Crippen LogP contribution in [0.15, 0.2) is 24.3 Å². The second-order valence-electron chi connectivity index (χ2n) is 3.65. The van der Waals surface area contributed by atoms with Crippen molar-refractivity contribution >= 4 is 34.5 Å². The monoisotopic (exact) mass is 266 g/mol. The van der Waals surface area contributed by atoms with Crippen LogP contribution in [0.2, 0.25) is 0 Å². The van der Waals surface area contributed by atoms with E-state index in [0.29, 0.717) is 0 Å². The number of anilines is 1. The summed E-state index contributed by atoms with van der Waals surface area (Å²) in [5.41, 5.74) is 0.275. The van der Waals surface area contributed by atoms with E-state index in [2.05, 4.69) is 10.6 Å². The Balaban J connectivity index is 1.95. The third-order valence-electron chi connectivity index (χ3n) is 2.32. The van der Waals surface area contributed by atoms with Gasteiger partial charge in [-0.05, 0) is 12.1 Å². The van der Waals surface area contributed by atoms with E-state index in [0.717, 1.165) is 11.8 Å². The van der Waals surface area contributed by atoms with E-state index in [1.54, 1.807) is 18.2 Å². The van der Waals surface area contributed by atoms with Crippen LogP contribution in [0.4, 0.5) is 10.5 Å². The van der Waals surface area contributed by atoms with Gasteiger partial charge in [-0.15, -0.1) is 0 Å². The van der Waals surface area contributed by atoms with Crippen LogP contribution in [0.5, 0.6) is 5.75 Å². The summed E-state index contributed by atoms with van der Waals surface area (Å²) in [6.45, 7) is 0. The predicted octanol–water partition coefficient (Wildman–Crippen LogP) is 1.07. The Morgan fingerprint density at radius 2 is 2.11 bits per heavy atom.